The summed E-state index contributed by atoms with van der Waals surface area (Å²) in [5.74, 6) is 0.301. The maximum Gasteiger partial charge on any atom is 0.167 e. The third-order valence-electron chi connectivity index (χ3n) is 3.57. The largest absolute Gasteiger partial charge is 0.393 e. The fourth-order valence-corrected chi connectivity index (χ4v) is 2.47. The number of nitrogens with two attached hydrogens (primary N) is 1. The van der Waals surface area contributed by atoms with Crippen LogP contribution in [0.1, 0.15) is 19.1 Å². The van der Waals surface area contributed by atoms with Crippen molar-refractivity contribution in [2.45, 2.75) is 24.7 Å². The van der Waals surface area contributed by atoms with Gasteiger partial charge in [0, 0.05) is 0 Å². The molecule has 20 heavy (non-hydrogen) atoms. The van der Waals surface area contributed by atoms with Crippen molar-refractivity contribution in [2.75, 3.05) is 18.9 Å². The molecule has 106 valence electrons. The number of nitrogen functional groups attached to an aromatic ring is 1. The second-order valence-electron chi connectivity index (χ2n) is 4.82. The minimum atomic E-state index is -0.915. The molecular weight excluding hydrogens is 264 g/mol. The molecule has 0 aliphatic carbocycles. The van der Waals surface area contributed by atoms with Gasteiger partial charge in [0.25, 0.3) is 0 Å². The zero-order valence-electron chi connectivity index (χ0n) is 10.6. The van der Waals surface area contributed by atoms with Gasteiger partial charge in [-0.25, -0.2) is 15.0 Å². The number of imidazole rings is 1. The van der Waals surface area contributed by atoms with Crippen LogP contribution in [0.15, 0.2) is 17.8 Å². The molecule has 2 atom stereocenters. The standard InChI is InChI=1S/C11H14N6O3/c12-9-8-10(14-5-13-9)17(6-15-8)7-1-2-11(4-18,20-7)3-16-19/h5-7,18H,1-4H2,(H2,12,13,14)/t7-,11-/m1/s1. The molecule has 0 saturated carbocycles. The number of aromatic nitrogens is 4. The van der Waals surface area contributed by atoms with Crippen LogP contribution in [0.5, 0.6) is 0 Å². The van der Waals surface area contributed by atoms with Gasteiger partial charge in [-0.05, 0) is 12.8 Å². The fourth-order valence-electron chi connectivity index (χ4n) is 2.47. The lowest BCUT2D eigenvalue weighted by molar-refractivity contribution is -0.0906. The van der Waals surface area contributed by atoms with Crippen LogP contribution in [0.3, 0.4) is 0 Å². The molecule has 0 spiro atoms. The van der Waals surface area contributed by atoms with Crippen LogP contribution >= 0.6 is 0 Å². The first-order valence-corrected chi connectivity index (χ1v) is 6.20. The molecular formula is C11H14N6O3. The molecule has 3 rings (SSSR count). The van der Waals surface area contributed by atoms with Crippen LogP contribution in [0.4, 0.5) is 5.82 Å². The molecule has 0 amide bonds. The van der Waals surface area contributed by atoms with Crippen molar-refractivity contribution < 1.29 is 9.84 Å². The van der Waals surface area contributed by atoms with Gasteiger partial charge in [0.1, 0.15) is 30.2 Å². The van der Waals surface area contributed by atoms with E-state index in [4.69, 9.17) is 10.5 Å². The molecule has 1 aliphatic rings. The lowest BCUT2D eigenvalue weighted by Gasteiger charge is -2.24. The van der Waals surface area contributed by atoms with Gasteiger partial charge in [-0.2, -0.15) is 4.91 Å². The van der Waals surface area contributed by atoms with Crippen LogP contribution in [-0.4, -0.2) is 43.4 Å². The van der Waals surface area contributed by atoms with Crippen molar-refractivity contribution in [3.8, 4) is 0 Å². The van der Waals surface area contributed by atoms with Gasteiger partial charge < -0.3 is 15.6 Å². The summed E-state index contributed by atoms with van der Waals surface area (Å²) < 4.78 is 7.54. The Bertz CT molecular complexity index is 644. The Morgan fingerprint density at radius 3 is 3.15 bits per heavy atom. The molecule has 9 nitrogen and oxygen atoms in total. The normalized spacial score (nSPS) is 26.1. The Morgan fingerprint density at radius 1 is 1.55 bits per heavy atom. The Labute approximate surface area is 113 Å². The van der Waals surface area contributed by atoms with Gasteiger partial charge >= 0.3 is 0 Å². The minimum absolute atomic E-state index is 0.0796. The van der Waals surface area contributed by atoms with E-state index in [0.29, 0.717) is 29.8 Å². The van der Waals surface area contributed by atoms with E-state index in [2.05, 4.69) is 20.1 Å². The number of anilines is 1. The summed E-state index contributed by atoms with van der Waals surface area (Å²) in [6.07, 6.45) is 3.74. The van der Waals surface area contributed by atoms with Crippen LogP contribution in [-0.2, 0) is 4.74 Å². The molecule has 3 heterocycles. The number of hydrogen-bond acceptors (Lipinski definition) is 8. The highest BCUT2D eigenvalue weighted by molar-refractivity contribution is 5.81. The zero-order chi connectivity index (χ0) is 14.2. The Balaban J connectivity index is 1.93. The van der Waals surface area contributed by atoms with Gasteiger partial charge in [-0.1, -0.05) is 5.18 Å². The summed E-state index contributed by atoms with van der Waals surface area (Å²) in [7, 11) is 0. The highest BCUT2D eigenvalue weighted by Crippen LogP contribution is 2.37. The number of hydrogen-bond donors (Lipinski definition) is 2. The molecule has 1 fully saturated rings. The van der Waals surface area contributed by atoms with Crippen LogP contribution in [0.25, 0.3) is 11.2 Å². The van der Waals surface area contributed by atoms with Crippen molar-refractivity contribution in [1.82, 2.24) is 19.5 Å². The minimum Gasteiger partial charge on any atom is -0.393 e. The Hall–Kier alpha value is -2.13. The van der Waals surface area contributed by atoms with Crippen molar-refractivity contribution >= 4 is 17.0 Å². The maximum atomic E-state index is 10.5. The van der Waals surface area contributed by atoms with Gasteiger partial charge in [0.2, 0.25) is 0 Å². The number of aliphatic hydroxyl groups excluding tert-OH is 1. The number of nitroso groups, excluding NO2 is 1. The SMILES string of the molecule is Nc1ncnc2c1ncn2[C@H]1CC[C@](CO)(CN=O)O1. The zero-order valence-corrected chi connectivity index (χ0v) is 10.6. The third-order valence-corrected chi connectivity index (χ3v) is 3.57. The van der Waals surface area contributed by atoms with Crippen molar-refractivity contribution in [3.63, 3.8) is 0 Å². The molecule has 2 aromatic heterocycles. The molecule has 0 bridgehead atoms. The smallest absolute Gasteiger partial charge is 0.167 e. The molecule has 3 N–H and O–H groups in total. The second-order valence-corrected chi connectivity index (χ2v) is 4.82. The van der Waals surface area contributed by atoms with E-state index in [1.807, 2.05) is 0 Å². The van der Waals surface area contributed by atoms with E-state index in [-0.39, 0.29) is 19.4 Å². The number of ether oxygens (including phenoxy) is 1. The Morgan fingerprint density at radius 2 is 2.40 bits per heavy atom. The summed E-state index contributed by atoms with van der Waals surface area (Å²) in [4.78, 5) is 22.7. The van der Waals surface area contributed by atoms with E-state index in [0.717, 1.165) is 0 Å². The molecule has 0 unspecified atom stereocenters. The van der Waals surface area contributed by atoms with Gasteiger partial charge in [0.05, 0.1) is 12.9 Å². The summed E-state index contributed by atoms with van der Waals surface area (Å²) in [5.41, 5.74) is 5.89. The quantitative estimate of drug-likeness (QED) is 0.765. The van der Waals surface area contributed by atoms with E-state index >= 15 is 0 Å². The van der Waals surface area contributed by atoms with Crippen molar-refractivity contribution in [1.29, 1.82) is 0 Å². The maximum absolute atomic E-state index is 10.5. The molecule has 0 radical (unpaired) electrons. The van der Waals surface area contributed by atoms with E-state index < -0.39 is 5.60 Å². The van der Waals surface area contributed by atoms with Crippen LogP contribution in [0, 0.1) is 4.91 Å². The molecule has 9 heteroatoms. The Kier molecular flexibility index (Phi) is 3.07. The fraction of sp³-hybridized carbons (Fsp3) is 0.545. The number of rotatable bonds is 4. The summed E-state index contributed by atoms with van der Waals surface area (Å²) >= 11 is 0. The number of aliphatic hydroxyl groups is 1. The van der Waals surface area contributed by atoms with Gasteiger partial charge in [-0.3, -0.25) is 4.57 Å². The van der Waals surface area contributed by atoms with Crippen molar-refractivity contribution in [3.05, 3.63) is 17.6 Å². The molecule has 1 saturated heterocycles. The topological polar surface area (TPSA) is 129 Å². The van der Waals surface area contributed by atoms with Gasteiger partial charge in [0.15, 0.2) is 11.5 Å². The van der Waals surface area contributed by atoms with E-state index in [1.165, 1.54) is 6.33 Å². The van der Waals surface area contributed by atoms with Crippen LogP contribution in [0.2, 0.25) is 0 Å². The lowest BCUT2D eigenvalue weighted by atomic mass is 10.0. The summed E-state index contributed by atoms with van der Waals surface area (Å²) in [6, 6.07) is 0. The molecule has 2 aromatic rings. The molecule has 0 aromatic carbocycles. The van der Waals surface area contributed by atoms with Gasteiger partial charge in [-0.15, -0.1) is 0 Å². The predicted octanol–water partition coefficient (Wildman–Crippen LogP) is 0.215. The number of nitrogens with zero attached hydrogens (tertiary/aromatic N) is 5. The average molecular weight is 278 g/mol. The third kappa shape index (κ3) is 1.91. The summed E-state index contributed by atoms with van der Waals surface area (Å²) in [5, 5.41) is 12.3. The van der Waals surface area contributed by atoms with Crippen LogP contribution < -0.4 is 5.73 Å². The average Bonchev–Trinajstić information content (AvgIpc) is 3.04. The van der Waals surface area contributed by atoms with E-state index in [1.54, 1.807) is 10.9 Å². The first kappa shape index (κ1) is 12.9. The molecule has 1 aliphatic heterocycles. The van der Waals surface area contributed by atoms with E-state index in [9.17, 15) is 10.0 Å². The first-order valence-electron chi connectivity index (χ1n) is 6.20. The highest BCUT2D eigenvalue weighted by Gasteiger charge is 2.41. The second kappa shape index (κ2) is 4.76. The lowest BCUT2D eigenvalue weighted by Crippen LogP contribution is -2.36. The highest BCUT2D eigenvalue weighted by atomic mass is 16.5. The number of fused-ring (bicyclic) bond motifs is 1. The first-order chi connectivity index (χ1) is 9.69. The van der Waals surface area contributed by atoms with Crippen molar-refractivity contribution in [2.24, 2.45) is 5.18 Å². The monoisotopic (exact) mass is 278 g/mol. The summed E-state index contributed by atoms with van der Waals surface area (Å²) in [6.45, 7) is -0.331. The predicted molar refractivity (Wildman–Crippen MR) is 69.6 cm³/mol.